The molecule has 0 aliphatic rings. The molecule has 3 aromatic rings. The zero-order valence-electron chi connectivity index (χ0n) is 15.4. The number of hydrogen-bond donors (Lipinski definition) is 0. The molecule has 0 spiro atoms. The molecule has 0 saturated carbocycles. The molecule has 136 valence electrons. The molecule has 0 aliphatic carbocycles. The van der Waals surface area contributed by atoms with Crippen LogP contribution in [0.15, 0.2) is 113 Å². The van der Waals surface area contributed by atoms with Crippen LogP contribution in [-0.2, 0) is 0 Å². The molecule has 0 saturated heterocycles. The van der Waals surface area contributed by atoms with Gasteiger partial charge >= 0.3 is 0 Å². The van der Waals surface area contributed by atoms with Gasteiger partial charge < -0.3 is 4.74 Å². The molecule has 3 heteroatoms. The Morgan fingerprint density at radius 2 is 1.44 bits per heavy atom. The number of para-hydroxylation sites is 2. The molecule has 3 rings (SSSR count). The molecule has 0 aliphatic heterocycles. The highest BCUT2D eigenvalue weighted by Crippen LogP contribution is 2.28. The number of aliphatic imine (C=N–C) groups is 1. The highest BCUT2D eigenvalue weighted by Gasteiger charge is 2.11. The zero-order chi connectivity index (χ0) is 18.7. The average Bonchev–Trinajstić information content (AvgIpc) is 2.73. The van der Waals surface area contributed by atoms with Crippen LogP contribution in [0.1, 0.15) is 19.8 Å². The second-order valence-corrected chi connectivity index (χ2v) is 7.05. The van der Waals surface area contributed by atoms with E-state index in [0.29, 0.717) is 0 Å². The topological polar surface area (TPSA) is 21.6 Å². The maximum atomic E-state index is 5.92. The fraction of sp³-hybridized carbons (Fsp3) is 0.125. The quantitative estimate of drug-likeness (QED) is 0.188. The van der Waals surface area contributed by atoms with E-state index in [1.54, 1.807) is 11.8 Å². The maximum Gasteiger partial charge on any atom is 0.126 e. The van der Waals surface area contributed by atoms with Gasteiger partial charge in [-0.1, -0.05) is 79.7 Å². The minimum absolute atomic E-state index is 0.829. The fourth-order valence-corrected chi connectivity index (χ4v) is 3.45. The van der Waals surface area contributed by atoms with Gasteiger partial charge in [0.25, 0.3) is 0 Å². The van der Waals surface area contributed by atoms with Crippen molar-refractivity contribution in [3.8, 4) is 5.75 Å². The molecule has 3 aromatic carbocycles. The van der Waals surface area contributed by atoms with Gasteiger partial charge in [-0.05, 0) is 42.8 Å². The summed E-state index contributed by atoms with van der Waals surface area (Å²) in [6.07, 6.45) is 3.77. The number of rotatable bonds is 7. The Hall–Kier alpha value is -2.78. The van der Waals surface area contributed by atoms with Crippen molar-refractivity contribution in [1.29, 1.82) is 0 Å². The summed E-state index contributed by atoms with van der Waals surface area (Å²) >= 11 is 1.67. The standard InChI is InChI=1S/C24H23NOS/c1-2-12-20(19-26-22-15-8-4-9-16-22)24(25-21-13-6-3-7-14-21)27-23-17-10-5-11-18-23/h3-11,13-19H,2,12H2,1H3/b20-19+,25-24-. The van der Waals surface area contributed by atoms with Gasteiger partial charge in [-0.3, -0.25) is 0 Å². The van der Waals surface area contributed by atoms with Crippen LogP contribution < -0.4 is 4.74 Å². The summed E-state index contributed by atoms with van der Waals surface area (Å²) in [4.78, 5) is 6.08. The van der Waals surface area contributed by atoms with Crippen molar-refractivity contribution >= 4 is 22.5 Å². The van der Waals surface area contributed by atoms with Crippen molar-refractivity contribution in [2.24, 2.45) is 4.99 Å². The lowest BCUT2D eigenvalue weighted by Gasteiger charge is -2.11. The van der Waals surface area contributed by atoms with E-state index in [0.717, 1.165) is 39.8 Å². The summed E-state index contributed by atoms with van der Waals surface area (Å²) in [7, 11) is 0. The van der Waals surface area contributed by atoms with Crippen molar-refractivity contribution < 1.29 is 4.74 Å². The Bertz CT molecular complexity index is 874. The largest absolute Gasteiger partial charge is 0.465 e. The maximum absolute atomic E-state index is 5.92. The second kappa shape index (κ2) is 10.4. The predicted octanol–water partition coefficient (Wildman–Crippen LogP) is 7.27. The third-order valence-electron chi connectivity index (χ3n) is 3.82. The van der Waals surface area contributed by atoms with E-state index in [1.807, 2.05) is 85.1 Å². The Labute approximate surface area is 165 Å². The van der Waals surface area contributed by atoms with Crippen LogP contribution in [0.25, 0.3) is 0 Å². The molecular formula is C24H23NOS. The first-order valence-electron chi connectivity index (χ1n) is 9.13. The van der Waals surface area contributed by atoms with Crippen molar-refractivity contribution in [2.45, 2.75) is 24.7 Å². The van der Waals surface area contributed by atoms with Gasteiger partial charge in [-0.15, -0.1) is 0 Å². The molecule has 0 aromatic heterocycles. The summed E-state index contributed by atoms with van der Waals surface area (Å²) in [5, 5.41) is 0.963. The molecule has 27 heavy (non-hydrogen) atoms. The summed E-state index contributed by atoms with van der Waals surface area (Å²) < 4.78 is 5.92. The zero-order valence-corrected chi connectivity index (χ0v) is 16.2. The van der Waals surface area contributed by atoms with Crippen molar-refractivity contribution in [3.63, 3.8) is 0 Å². The molecule has 0 atom stereocenters. The number of ether oxygens (including phenoxy) is 1. The van der Waals surface area contributed by atoms with Crippen molar-refractivity contribution in [1.82, 2.24) is 0 Å². The lowest BCUT2D eigenvalue weighted by Crippen LogP contribution is -2.01. The summed E-state index contributed by atoms with van der Waals surface area (Å²) in [5.74, 6) is 0.829. The molecule has 0 heterocycles. The molecule has 0 N–H and O–H groups in total. The van der Waals surface area contributed by atoms with E-state index in [4.69, 9.17) is 9.73 Å². The van der Waals surface area contributed by atoms with Gasteiger partial charge in [0.05, 0.1) is 11.9 Å². The number of thioether (sulfide) groups is 1. The van der Waals surface area contributed by atoms with Crippen LogP contribution in [0, 0.1) is 0 Å². The van der Waals surface area contributed by atoms with Gasteiger partial charge in [-0.25, -0.2) is 4.99 Å². The third kappa shape index (κ3) is 6.15. The van der Waals surface area contributed by atoms with Crippen LogP contribution in [0.3, 0.4) is 0 Å². The van der Waals surface area contributed by atoms with Gasteiger partial charge in [0.15, 0.2) is 0 Å². The normalized spacial score (nSPS) is 12.0. The summed E-state index contributed by atoms with van der Waals surface area (Å²) in [5.41, 5.74) is 2.04. The highest BCUT2D eigenvalue weighted by molar-refractivity contribution is 8.14. The van der Waals surface area contributed by atoms with E-state index < -0.39 is 0 Å². The Balaban J connectivity index is 1.93. The lowest BCUT2D eigenvalue weighted by atomic mass is 10.2. The number of hydrogen-bond acceptors (Lipinski definition) is 3. The number of benzene rings is 3. The Morgan fingerprint density at radius 3 is 2.07 bits per heavy atom. The summed E-state index contributed by atoms with van der Waals surface area (Å²) in [6.45, 7) is 2.17. The molecular weight excluding hydrogens is 350 g/mol. The molecule has 0 unspecified atom stereocenters. The highest BCUT2D eigenvalue weighted by atomic mass is 32.2. The molecule has 0 amide bonds. The minimum Gasteiger partial charge on any atom is -0.465 e. The van der Waals surface area contributed by atoms with Crippen LogP contribution in [0.2, 0.25) is 0 Å². The third-order valence-corrected chi connectivity index (χ3v) is 4.87. The monoisotopic (exact) mass is 373 g/mol. The molecule has 2 nitrogen and oxygen atoms in total. The smallest absolute Gasteiger partial charge is 0.126 e. The predicted molar refractivity (Wildman–Crippen MR) is 116 cm³/mol. The lowest BCUT2D eigenvalue weighted by molar-refractivity contribution is 0.476. The molecule has 0 fully saturated rings. The van der Waals surface area contributed by atoms with E-state index in [1.165, 1.54) is 0 Å². The first-order valence-corrected chi connectivity index (χ1v) is 9.94. The SMILES string of the molecule is CCCC(=C\Oc1ccccc1)/C(=N/c1ccccc1)Sc1ccccc1. The number of nitrogens with zero attached hydrogens (tertiary/aromatic N) is 1. The minimum atomic E-state index is 0.829. The summed E-state index contributed by atoms with van der Waals surface area (Å²) in [6, 6.07) is 30.2. The molecule has 0 radical (unpaired) electrons. The fourth-order valence-electron chi connectivity index (χ4n) is 2.50. The van der Waals surface area contributed by atoms with E-state index in [-0.39, 0.29) is 0 Å². The van der Waals surface area contributed by atoms with E-state index >= 15 is 0 Å². The van der Waals surface area contributed by atoms with Gasteiger partial charge in [-0.2, -0.15) is 0 Å². The first kappa shape index (κ1) is 19.0. The Kier molecular flexibility index (Phi) is 7.31. The van der Waals surface area contributed by atoms with Crippen LogP contribution in [0.4, 0.5) is 5.69 Å². The Morgan fingerprint density at radius 1 is 0.852 bits per heavy atom. The van der Waals surface area contributed by atoms with E-state index in [9.17, 15) is 0 Å². The molecule has 0 bridgehead atoms. The van der Waals surface area contributed by atoms with Crippen molar-refractivity contribution in [2.75, 3.05) is 0 Å². The average molecular weight is 374 g/mol. The van der Waals surface area contributed by atoms with Crippen LogP contribution in [-0.4, -0.2) is 5.04 Å². The van der Waals surface area contributed by atoms with Crippen LogP contribution in [0.5, 0.6) is 5.75 Å². The van der Waals surface area contributed by atoms with Gasteiger partial charge in [0.2, 0.25) is 0 Å². The van der Waals surface area contributed by atoms with Gasteiger partial charge in [0.1, 0.15) is 10.8 Å². The second-order valence-electron chi connectivity index (χ2n) is 5.99. The first-order chi connectivity index (χ1) is 13.3. The van der Waals surface area contributed by atoms with E-state index in [2.05, 4.69) is 19.1 Å². The van der Waals surface area contributed by atoms with Gasteiger partial charge in [0, 0.05) is 10.5 Å². The van der Waals surface area contributed by atoms with Crippen LogP contribution >= 0.6 is 11.8 Å². The van der Waals surface area contributed by atoms with Crippen molar-refractivity contribution in [3.05, 3.63) is 103 Å².